The third-order valence-corrected chi connectivity index (χ3v) is 4.25. The maximum absolute atomic E-state index is 13.8. The molecule has 0 atom stereocenters. The minimum absolute atomic E-state index is 0.212. The molecule has 2 aromatic carbocycles. The van der Waals surface area contributed by atoms with Crippen molar-refractivity contribution in [3.8, 4) is 0 Å². The van der Waals surface area contributed by atoms with Gasteiger partial charge in [-0.3, -0.25) is 4.79 Å². The van der Waals surface area contributed by atoms with Gasteiger partial charge >= 0.3 is 0 Å². The van der Waals surface area contributed by atoms with Gasteiger partial charge < -0.3 is 11.1 Å². The zero-order valence-electron chi connectivity index (χ0n) is 10.2. The highest BCUT2D eigenvalue weighted by Crippen LogP contribution is 2.34. The monoisotopic (exact) mass is 482 g/mol. The second-order valence-corrected chi connectivity index (χ2v) is 6.68. The molecule has 0 saturated heterocycles. The number of hydrogen-bond acceptors (Lipinski definition) is 2. The van der Waals surface area contributed by atoms with Crippen LogP contribution in [0.15, 0.2) is 37.7 Å². The largest absolute Gasteiger partial charge is 0.399 e. The number of halogens is 5. The highest BCUT2D eigenvalue weighted by Gasteiger charge is 2.20. The summed E-state index contributed by atoms with van der Waals surface area (Å²) in [5.74, 6) is -2.81. The fourth-order valence-corrected chi connectivity index (χ4v) is 3.47. The summed E-state index contributed by atoms with van der Waals surface area (Å²) in [4.78, 5) is 12.1. The lowest BCUT2D eigenvalue weighted by Gasteiger charge is -2.12. The summed E-state index contributed by atoms with van der Waals surface area (Å²) in [5, 5.41) is 2.44. The Kier molecular flexibility index (Phi) is 5.00. The quantitative estimate of drug-likeness (QED) is 0.584. The number of nitrogen functional groups attached to an aromatic ring is 1. The van der Waals surface area contributed by atoms with Crippen LogP contribution < -0.4 is 11.1 Å². The lowest BCUT2D eigenvalue weighted by atomic mass is 10.1. The molecule has 0 aliphatic rings. The molecule has 0 fully saturated rings. The number of rotatable bonds is 2. The Morgan fingerprint density at radius 1 is 1.00 bits per heavy atom. The third kappa shape index (κ3) is 3.61. The summed E-state index contributed by atoms with van der Waals surface area (Å²) in [6.45, 7) is 0. The summed E-state index contributed by atoms with van der Waals surface area (Å²) in [6.07, 6.45) is 0. The van der Waals surface area contributed by atoms with Crippen LogP contribution >= 0.6 is 47.8 Å². The first-order chi connectivity index (χ1) is 9.79. The first kappa shape index (κ1) is 16.4. The van der Waals surface area contributed by atoms with Crippen molar-refractivity contribution in [2.75, 3.05) is 11.1 Å². The molecule has 0 radical (unpaired) electrons. The van der Waals surface area contributed by atoms with Crippen molar-refractivity contribution in [1.29, 1.82) is 0 Å². The number of carbonyl (C=O) groups excluding carboxylic acids is 1. The van der Waals surface area contributed by atoms with Crippen LogP contribution in [-0.2, 0) is 0 Å². The minimum Gasteiger partial charge on any atom is -0.399 e. The highest BCUT2D eigenvalue weighted by atomic mass is 79.9. The van der Waals surface area contributed by atoms with E-state index in [0.717, 1.165) is 12.1 Å². The van der Waals surface area contributed by atoms with Gasteiger partial charge in [0, 0.05) is 19.1 Å². The molecular formula is C13H7Br3F2N2O. The van der Waals surface area contributed by atoms with E-state index in [4.69, 9.17) is 5.73 Å². The maximum atomic E-state index is 13.8. The number of anilines is 2. The molecule has 0 unspecified atom stereocenters. The highest BCUT2D eigenvalue weighted by molar-refractivity contribution is 9.11. The van der Waals surface area contributed by atoms with E-state index in [9.17, 15) is 13.6 Å². The van der Waals surface area contributed by atoms with Gasteiger partial charge in [-0.1, -0.05) is 15.9 Å². The summed E-state index contributed by atoms with van der Waals surface area (Å²) >= 11 is 9.41. The second kappa shape index (κ2) is 6.41. The van der Waals surface area contributed by atoms with Gasteiger partial charge in [0.25, 0.3) is 5.91 Å². The lowest BCUT2D eigenvalue weighted by Crippen LogP contribution is -2.16. The minimum atomic E-state index is -0.956. The van der Waals surface area contributed by atoms with Gasteiger partial charge in [-0.05, 0) is 56.1 Å². The van der Waals surface area contributed by atoms with Gasteiger partial charge in [0.2, 0.25) is 0 Å². The standard InChI is InChI=1S/C13H7Br3F2N2O/c14-5-1-9(17)11(10(18)2-5)13(21)20-12-7(15)3-6(19)4-8(12)16/h1-4H,19H2,(H,20,21). The van der Waals surface area contributed by atoms with Crippen LogP contribution in [0.4, 0.5) is 20.2 Å². The van der Waals surface area contributed by atoms with Crippen molar-refractivity contribution >= 4 is 65.1 Å². The van der Waals surface area contributed by atoms with Crippen molar-refractivity contribution in [1.82, 2.24) is 0 Å². The zero-order chi connectivity index (χ0) is 15.7. The molecule has 3 N–H and O–H groups in total. The number of carbonyl (C=O) groups is 1. The number of benzene rings is 2. The van der Waals surface area contributed by atoms with E-state index in [1.807, 2.05) is 0 Å². The van der Waals surface area contributed by atoms with Crippen LogP contribution in [0.5, 0.6) is 0 Å². The van der Waals surface area contributed by atoms with E-state index in [1.54, 1.807) is 12.1 Å². The molecule has 21 heavy (non-hydrogen) atoms. The Morgan fingerprint density at radius 3 is 1.95 bits per heavy atom. The van der Waals surface area contributed by atoms with E-state index in [1.165, 1.54) is 0 Å². The normalized spacial score (nSPS) is 10.5. The molecule has 110 valence electrons. The van der Waals surface area contributed by atoms with Crippen LogP contribution in [0.2, 0.25) is 0 Å². The van der Waals surface area contributed by atoms with E-state index in [2.05, 4.69) is 53.1 Å². The molecule has 2 aromatic rings. The Labute approximate surface area is 144 Å². The average Bonchev–Trinajstić information content (AvgIpc) is 2.32. The Balaban J connectivity index is 2.40. The molecule has 0 aliphatic heterocycles. The van der Waals surface area contributed by atoms with Crippen molar-refractivity contribution in [2.24, 2.45) is 0 Å². The molecule has 8 heteroatoms. The predicted octanol–water partition coefficient (Wildman–Crippen LogP) is 5.09. The molecule has 1 amide bonds. The van der Waals surface area contributed by atoms with Gasteiger partial charge in [0.1, 0.15) is 17.2 Å². The molecule has 2 rings (SSSR count). The van der Waals surface area contributed by atoms with Gasteiger partial charge in [0.15, 0.2) is 0 Å². The van der Waals surface area contributed by atoms with Crippen molar-refractivity contribution in [2.45, 2.75) is 0 Å². The summed E-state index contributed by atoms with van der Waals surface area (Å²) in [7, 11) is 0. The van der Waals surface area contributed by atoms with Crippen molar-refractivity contribution in [3.05, 3.63) is 54.9 Å². The second-order valence-electron chi connectivity index (χ2n) is 4.06. The average molecular weight is 485 g/mol. The van der Waals surface area contributed by atoms with E-state index < -0.39 is 23.1 Å². The maximum Gasteiger partial charge on any atom is 0.261 e. The Bertz CT molecular complexity index is 691. The fourth-order valence-electron chi connectivity index (χ4n) is 1.65. The van der Waals surface area contributed by atoms with Crippen LogP contribution in [0, 0.1) is 11.6 Å². The topological polar surface area (TPSA) is 55.1 Å². The molecule has 0 bridgehead atoms. The van der Waals surface area contributed by atoms with E-state index in [-0.39, 0.29) is 4.47 Å². The van der Waals surface area contributed by atoms with Crippen LogP contribution in [-0.4, -0.2) is 5.91 Å². The first-order valence-electron chi connectivity index (χ1n) is 5.50. The lowest BCUT2D eigenvalue weighted by molar-refractivity contribution is 0.101. The van der Waals surface area contributed by atoms with Crippen LogP contribution in [0.25, 0.3) is 0 Å². The van der Waals surface area contributed by atoms with Gasteiger partial charge in [0.05, 0.1) is 5.69 Å². The number of nitrogens with one attached hydrogen (secondary N) is 1. The zero-order valence-corrected chi connectivity index (χ0v) is 14.9. The molecule has 0 aromatic heterocycles. The number of amides is 1. The summed E-state index contributed by atoms with van der Waals surface area (Å²) < 4.78 is 28.7. The fraction of sp³-hybridized carbons (Fsp3) is 0. The molecule has 0 heterocycles. The van der Waals surface area contributed by atoms with Crippen LogP contribution in [0.1, 0.15) is 10.4 Å². The summed E-state index contributed by atoms with van der Waals surface area (Å²) in [6, 6.07) is 5.17. The van der Waals surface area contributed by atoms with E-state index in [0.29, 0.717) is 20.3 Å². The summed E-state index contributed by atoms with van der Waals surface area (Å²) in [5.41, 5.74) is 5.77. The van der Waals surface area contributed by atoms with E-state index >= 15 is 0 Å². The van der Waals surface area contributed by atoms with Gasteiger partial charge in [-0.2, -0.15) is 0 Å². The number of hydrogen-bond donors (Lipinski definition) is 2. The molecule has 0 aliphatic carbocycles. The smallest absolute Gasteiger partial charge is 0.261 e. The number of nitrogens with two attached hydrogens (primary N) is 1. The third-order valence-electron chi connectivity index (χ3n) is 2.54. The molecule has 0 saturated carbocycles. The van der Waals surface area contributed by atoms with Gasteiger partial charge in [-0.25, -0.2) is 8.78 Å². The van der Waals surface area contributed by atoms with Crippen LogP contribution in [0.3, 0.4) is 0 Å². The Hall–Kier alpha value is -0.990. The predicted molar refractivity (Wildman–Crippen MR) is 88.3 cm³/mol. The molecular weight excluding hydrogens is 478 g/mol. The molecule has 0 spiro atoms. The first-order valence-corrected chi connectivity index (χ1v) is 7.88. The molecule has 3 nitrogen and oxygen atoms in total. The van der Waals surface area contributed by atoms with Crippen molar-refractivity contribution in [3.63, 3.8) is 0 Å². The van der Waals surface area contributed by atoms with Crippen molar-refractivity contribution < 1.29 is 13.6 Å². The Morgan fingerprint density at radius 2 is 1.48 bits per heavy atom. The van der Waals surface area contributed by atoms with Gasteiger partial charge in [-0.15, -0.1) is 0 Å². The SMILES string of the molecule is Nc1cc(Br)c(NC(=O)c2c(F)cc(Br)cc2F)c(Br)c1.